The highest BCUT2D eigenvalue weighted by molar-refractivity contribution is 5.67. The first-order valence-corrected chi connectivity index (χ1v) is 6.48. The molecule has 0 radical (unpaired) electrons. The Morgan fingerprint density at radius 3 is 2.58 bits per heavy atom. The second-order valence-corrected chi connectivity index (χ2v) is 5.09. The number of phenolic OH excluding ortho intramolecular Hbond substituents is 2. The van der Waals surface area contributed by atoms with Crippen molar-refractivity contribution >= 4 is 5.97 Å². The summed E-state index contributed by atoms with van der Waals surface area (Å²) in [6.45, 7) is 2.81. The number of carboxylic acids is 1. The van der Waals surface area contributed by atoms with Crippen molar-refractivity contribution in [3.05, 3.63) is 23.8 Å². The Bertz CT molecular complexity index is 454. The standard InChI is InChI=1S/C14H19NO4/c1-9(10-5-12(16)8-13(17)6-10)15-4-2-3-11(15)7-14(18)19/h5-6,8-9,11,16-17H,2-4,7H2,1H3,(H,18,19). The summed E-state index contributed by atoms with van der Waals surface area (Å²) < 4.78 is 0. The molecule has 1 aliphatic rings. The molecular formula is C14H19NO4. The first-order valence-electron chi connectivity index (χ1n) is 6.48. The van der Waals surface area contributed by atoms with Crippen molar-refractivity contribution in [1.29, 1.82) is 0 Å². The van der Waals surface area contributed by atoms with E-state index in [1.54, 1.807) is 12.1 Å². The molecule has 1 fully saturated rings. The molecule has 0 spiro atoms. The minimum Gasteiger partial charge on any atom is -0.508 e. The maximum atomic E-state index is 10.9. The molecule has 2 unspecified atom stereocenters. The predicted molar refractivity (Wildman–Crippen MR) is 70.2 cm³/mol. The first kappa shape index (κ1) is 13.7. The Kier molecular flexibility index (Phi) is 3.95. The van der Waals surface area contributed by atoms with Gasteiger partial charge in [0.25, 0.3) is 0 Å². The molecule has 2 rings (SSSR count). The van der Waals surface area contributed by atoms with Gasteiger partial charge in [0.05, 0.1) is 6.42 Å². The average molecular weight is 265 g/mol. The SMILES string of the molecule is CC(c1cc(O)cc(O)c1)N1CCCC1CC(=O)O. The second kappa shape index (κ2) is 5.48. The van der Waals surface area contributed by atoms with E-state index >= 15 is 0 Å². The molecule has 5 nitrogen and oxygen atoms in total. The fourth-order valence-electron chi connectivity index (χ4n) is 2.84. The zero-order chi connectivity index (χ0) is 14.0. The van der Waals surface area contributed by atoms with E-state index in [0.717, 1.165) is 24.9 Å². The number of aromatic hydroxyl groups is 2. The zero-order valence-corrected chi connectivity index (χ0v) is 10.9. The third-order valence-electron chi connectivity index (χ3n) is 3.74. The highest BCUT2D eigenvalue weighted by atomic mass is 16.4. The van der Waals surface area contributed by atoms with Crippen LogP contribution in [0.5, 0.6) is 11.5 Å². The van der Waals surface area contributed by atoms with Gasteiger partial charge in [-0.15, -0.1) is 0 Å². The van der Waals surface area contributed by atoms with Gasteiger partial charge in [0.15, 0.2) is 0 Å². The molecule has 0 amide bonds. The third-order valence-corrected chi connectivity index (χ3v) is 3.74. The molecule has 0 aliphatic carbocycles. The van der Waals surface area contributed by atoms with Crippen molar-refractivity contribution in [3.63, 3.8) is 0 Å². The van der Waals surface area contributed by atoms with E-state index in [0.29, 0.717) is 0 Å². The van der Waals surface area contributed by atoms with E-state index < -0.39 is 5.97 Å². The summed E-state index contributed by atoms with van der Waals surface area (Å²) in [5.41, 5.74) is 0.801. The van der Waals surface area contributed by atoms with E-state index in [9.17, 15) is 15.0 Å². The van der Waals surface area contributed by atoms with Crippen LogP contribution in [-0.2, 0) is 4.79 Å². The van der Waals surface area contributed by atoms with E-state index in [-0.39, 0.29) is 30.0 Å². The van der Waals surface area contributed by atoms with Crippen LogP contribution in [0, 0.1) is 0 Å². The number of hydrogen-bond donors (Lipinski definition) is 3. The Morgan fingerprint density at radius 1 is 1.37 bits per heavy atom. The van der Waals surface area contributed by atoms with Crippen molar-refractivity contribution < 1.29 is 20.1 Å². The van der Waals surface area contributed by atoms with Gasteiger partial charge in [-0.2, -0.15) is 0 Å². The van der Waals surface area contributed by atoms with Crippen molar-refractivity contribution in [1.82, 2.24) is 4.90 Å². The van der Waals surface area contributed by atoms with Gasteiger partial charge in [0.1, 0.15) is 11.5 Å². The van der Waals surface area contributed by atoms with E-state index in [2.05, 4.69) is 4.90 Å². The van der Waals surface area contributed by atoms with Crippen LogP contribution in [0.1, 0.15) is 37.8 Å². The molecule has 1 heterocycles. The van der Waals surface area contributed by atoms with E-state index in [1.165, 1.54) is 6.07 Å². The van der Waals surface area contributed by atoms with Crippen molar-refractivity contribution in [2.45, 2.75) is 38.3 Å². The number of carboxylic acid groups (broad SMARTS) is 1. The summed E-state index contributed by atoms with van der Waals surface area (Å²) in [6, 6.07) is 4.51. The Balaban J connectivity index is 2.17. The maximum absolute atomic E-state index is 10.9. The van der Waals surface area contributed by atoms with Crippen LogP contribution in [0.15, 0.2) is 18.2 Å². The normalized spacial score (nSPS) is 21.4. The topological polar surface area (TPSA) is 81.0 Å². The number of nitrogens with zero attached hydrogens (tertiary/aromatic N) is 1. The lowest BCUT2D eigenvalue weighted by Crippen LogP contribution is -2.33. The smallest absolute Gasteiger partial charge is 0.304 e. The molecule has 2 atom stereocenters. The van der Waals surface area contributed by atoms with Crippen molar-refractivity contribution in [3.8, 4) is 11.5 Å². The fraction of sp³-hybridized carbons (Fsp3) is 0.500. The Labute approximate surface area is 112 Å². The quantitative estimate of drug-likeness (QED) is 0.776. The van der Waals surface area contributed by atoms with Crippen LogP contribution in [0.3, 0.4) is 0 Å². The number of likely N-dealkylation sites (tertiary alicyclic amines) is 1. The number of carbonyl (C=O) groups is 1. The monoisotopic (exact) mass is 265 g/mol. The number of phenols is 2. The predicted octanol–water partition coefficient (Wildman–Crippen LogP) is 2.10. The molecule has 3 N–H and O–H groups in total. The number of hydrogen-bond acceptors (Lipinski definition) is 4. The summed E-state index contributed by atoms with van der Waals surface area (Å²) in [4.78, 5) is 13.0. The van der Waals surface area contributed by atoms with Crippen LogP contribution in [-0.4, -0.2) is 38.8 Å². The van der Waals surface area contributed by atoms with Gasteiger partial charge < -0.3 is 15.3 Å². The van der Waals surface area contributed by atoms with Gasteiger partial charge in [-0.3, -0.25) is 9.69 Å². The van der Waals surface area contributed by atoms with Gasteiger partial charge in [0.2, 0.25) is 0 Å². The molecule has 19 heavy (non-hydrogen) atoms. The lowest BCUT2D eigenvalue weighted by molar-refractivity contribution is -0.138. The number of benzene rings is 1. The zero-order valence-electron chi connectivity index (χ0n) is 10.9. The first-order chi connectivity index (χ1) is 8.97. The van der Waals surface area contributed by atoms with Gasteiger partial charge in [-0.1, -0.05) is 0 Å². The average Bonchev–Trinajstić information content (AvgIpc) is 2.73. The molecule has 1 saturated heterocycles. The molecule has 5 heteroatoms. The maximum Gasteiger partial charge on any atom is 0.304 e. The minimum absolute atomic E-state index is 0.0233. The van der Waals surface area contributed by atoms with Crippen LogP contribution in [0.25, 0.3) is 0 Å². The third kappa shape index (κ3) is 3.17. The van der Waals surface area contributed by atoms with Crippen LogP contribution >= 0.6 is 0 Å². The van der Waals surface area contributed by atoms with Crippen LogP contribution in [0.2, 0.25) is 0 Å². The molecular weight excluding hydrogens is 246 g/mol. The number of rotatable bonds is 4. The lowest BCUT2D eigenvalue weighted by atomic mass is 10.0. The van der Waals surface area contributed by atoms with Gasteiger partial charge in [0, 0.05) is 18.2 Å². The van der Waals surface area contributed by atoms with E-state index in [4.69, 9.17) is 5.11 Å². The summed E-state index contributed by atoms with van der Waals surface area (Å²) >= 11 is 0. The highest BCUT2D eigenvalue weighted by Gasteiger charge is 2.30. The van der Waals surface area contributed by atoms with Crippen molar-refractivity contribution in [2.75, 3.05) is 6.54 Å². The van der Waals surface area contributed by atoms with Crippen molar-refractivity contribution in [2.24, 2.45) is 0 Å². The molecule has 0 aromatic heterocycles. The molecule has 1 aromatic carbocycles. The molecule has 104 valence electrons. The fourth-order valence-corrected chi connectivity index (χ4v) is 2.84. The molecule has 0 bridgehead atoms. The van der Waals surface area contributed by atoms with Gasteiger partial charge >= 0.3 is 5.97 Å². The van der Waals surface area contributed by atoms with Gasteiger partial charge in [-0.25, -0.2) is 0 Å². The van der Waals surface area contributed by atoms with Gasteiger partial charge in [-0.05, 0) is 44.0 Å². The lowest BCUT2D eigenvalue weighted by Gasteiger charge is -2.30. The van der Waals surface area contributed by atoms with E-state index in [1.807, 2.05) is 6.92 Å². The molecule has 1 aliphatic heterocycles. The van der Waals surface area contributed by atoms with Crippen LogP contribution in [0.4, 0.5) is 0 Å². The Morgan fingerprint density at radius 2 is 2.00 bits per heavy atom. The molecule has 0 saturated carbocycles. The largest absolute Gasteiger partial charge is 0.508 e. The summed E-state index contributed by atoms with van der Waals surface area (Å²) in [6.07, 6.45) is 1.99. The highest BCUT2D eigenvalue weighted by Crippen LogP contribution is 2.33. The molecule has 1 aromatic rings. The van der Waals surface area contributed by atoms with Crippen LogP contribution < -0.4 is 0 Å². The number of aliphatic carboxylic acids is 1. The summed E-state index contributed by atoms with van der Waals surface area (Å²) in [5.74, 6) is -0.741. The minimum atomic E-state index is -0.789. The summed E-state index contributed by atoms with van der Waals surface area (Å²) in [5, 5.41) is 28.0. The summed E-state index contributed by atoms with van der Waals surface area (Å²) in [7, 11) is 0. The Hall–Kier alpha value is -1.75. The second-order valence-electron chi connectivity index (χ2n) is 5.09.